The van der Waals surface area contributed by atoms with Gasteiger partial charge >= 0.3 is 0 Å². The summed E-state index contributed by atoms with van der Waals surface area (Å²) < 4.78 is 5.82. The van der Waals surface area contributed by atoms with E-state index in [1.54, 1.807) is 0 Å². The molecule has 4 aromatic rings. The predicted molar refractivity (Wildman–Crippen MR) is 109 cm³/mol. The Bertz CT molecular complexity index is 1090. The average Bonchev–Trinajstić information content (AvgIpc) is 3.20. The zero-order chi connectivity index (χ0) is 19.3. The molecule has 4 rings (SSSR count). The molecule has 0 aliphatic rings. The minimum atomic E-state index is -0.0748. The van der Waals surface area contributed by atoms with Crippen LogP contribution in [0, 0.1) is 6.92 Å². The molecule has 0 fully saturated rings. The lowest BCUT2D eigenvalue weighted by atomic mass is 10.1. The van der Waals surface area contributed by atoms with E-state index in [9.17, 15) is 4.79 Å². The summed E-state index contributed by atoms with van der Waals surface area (Å²) in [7, 11) is 0. The van der Waals surface area contributed by atoms with Crippen LogP contribution in [0.2, 0.25) is 0 Å². The molecular formula is C23H19N3O2. The van der Waals surface area contributed by atoms with Crippen LogP contribution in [0.1, 0.15) is 11.1 Å². The molecule has 0 saturated carbocycles. The second-order valence-electron chi connectivity index (χ2n) is 6.57. The largest absolute Gasteiger partial charge is 0.416 e. The van der Waals surface area contributed by atoms with E-state index in [0.717, 1.165) is 16.7 Å². The fraction of sp³-hybridized carbons (Fsp3) is 0.0870. The molecule has 0 bridgehead atoms. The Kier molecular flexibility index (Phi) is 4.97. The summed E-state index contributed by atoms with van der Waals surface area (Å²) in [4.78, 5) is 12.3. The third kappa shape index (κ3) is 4.15. The van der Waals surface area contributed by atoms with Gasteiger partial charge in [0.2, 0.25) is 17.7 Å². The van der Waals surface area contributed by atoms with Crippen molar-refractivity contribution in [3.8, 4) is 22.9 Å². The number of aryl methyl sites for hydroxylation is 1. The van der Waals surface area contributed by atoms with Crippen LogP contribution >= 0.6 is 0 Å². The fourth-order valence-electron chi connectivity index (χ4n) is 2.87. The Hall–Kier alpha value is -3.73. The first-order valence-corrected chi connectivity index (χ1v) is 9.02. The molecule has 5 nitrogen and oxygen atoms in total. The molecule has 1 N–H and O–H groups in total. The summed E-state index contributed by atoms with van der Waals surface area (Å²) in [5, 5.41) is 11.2. The number of carbonyl (C=O) groups is 1. The number of rotatable bonds is 5. The van der Waals surface area contributed by atoms with Gasteiger partial charge in [-0.05, 0) is 42.8 Å². The quantitative estimate of drug-likeness (QED) is 0.544. The van der Waals surface area contributed by atoms with Gasteiger partial charge in [0.15, 0.2) is 0 Å². The molecule has 0 aliphatic heterocycles. The first kappa shape index (κ1) is 17.7. The van der Waals surface area contributed by atoms with Gasteiger partial charge in [0.25, 0.3) is 0 Å². The van der Waals surface area contributed by atoms with Gasteiger partial charge < -0.3 is 9.73 Å². The van der Waals surface area contributed by atoms with E-state index >= 15 is 0 Å². The van der Waals surface area contributed by atoms with E-state index < -0.39 is 0 Å². The zero-order valence-electron chi connectivity index (χ0n) is 15.4. The number of amides is 1. The number of aromatic nitrogens is 2. The van der Waals surface area contributed by atoms with Gasteiger partial charge in [-0.3, -0.25) is 4.79 Å². The average molecular weight is 369 g/mol. The van der Waals surface area contributed by atoms with Crippen molar-refractivity contribution in [3.63, 3.8) is 0 Å². The first-order valence-electron chi connectivity index (χ1n) is 9.02. The third-order valence-electron chi connectivity index (χ3n) is 4.32. The van der Waals surface area contributed by atoms with Gasteiger partial charge in [-0.25, -0.2) is 0 Å². The van der Waals surface area contributed by atoms with E-state index in [1.165, 1.54) is 5.56 Å². The van der Waals surface area contributed by atoms with Crippen LogP contribution in [0.4, 0.5) is 5.69 Å². The molecule has 0 spiro atoms. The van der Waals surface area contributed by atoms with Crippen molar-refractivity contribution in [3.05, 3.63) is 90.0 Å². The Morgan fingerprint density at radius 1 is 0.857 bits per heavy atom. The van der Waals surface area contributed by atoms with Crippen LogP contribution in [0.3, 0.4) is 0 Å². The lowest BCUT2D eigenvalue weighted by molar-refractivity contribution is -0.115. The number of benzene rings is 3. The summed E-state index contributed by atoms with van der Waals surface area (Å²) in [5.74, 6) is 0.803. The summed E-state index contributed by atoms with van der Waals surface area (Å²) in [6, 6.07) is 24.9. The van der Waals surface area contributed by atoms with Crippen LogP contribution in [-0.2, 0) is 11.2 Å². The molecule has 0 atom stereocenters. The lowest BCUT2D eigenvalue weighted by Crippen LogP contribution is -2.14. The zero-order valence-corrected chi connectivity index (χ0v) is 15.4. The second-order valence-corrected chi connectivity index (χ2v) is 6.57. The van der Waals surface area contributed by atoms with Gasteiger partial charge in [0, 0.05) is 16.8 Å². The van der Waals surface area contributed by atoms with E-state index in [2.05, 4.69) is 15.5 Å². The van der Waals surface area contributed by atoms with Crippen molar-refractivity contribution in [1.82, 2.24) is 10.2 Å². The Morgan fingerprint density at radius 3 is 2.32 bits per heavy atom. The van der Waals surface area contributed by atoms with Crippen molar-refractivity contribution in [2.24, 2.45) is 0 Å². The Morgan fingerprint density at radius 2 is 1.57 bits per heavy atom. The topological polar surface area (TPSA) is 68.0 Å². The van der Waals surface area contributed by atoms with Crippen LogP contribution < -0.4 is 5.32 Å². The van der Waals surface area contributed by atoms with Crippen molar-refractivity contribution in [2.75, 3.05) is 5.32 Å². The number of anilines is 1. The van der Waals surface area contributed by atoms with Crippen LogP contribution in [0.25, 0.3) is 22.9 Å². The Balaban J connectivity index is 1.49. The molecule has 28 heavy (non-hydrogen) atoms. The highest BCUT2D eigenvalue weighted by atomic mass is 16.4. The molecule has 0 saturated heterocycles. The number of nitrogens with one attached hydrogen (secondary N) is 1. The van der Waals surface area contributed by atoms with Gasteiger partial charge in [0.05, 0.1) is 6.42 Å². The number of nitrogens with zero attached hydrogens (tertiary/aromatic N) is 2. The van der Waals surface area contributed by atoms with Gasteiger partial charge in [0.1, 0.15) is 0 Å². The van der Waals surface area contributed by atoms with E-state index in [4.69, 9.17) is 4.42 Å². The first-order chi connectivity index (χ1) is 13.7. The SMILES string of the molecule is Cc1ccc(-c2nnc(-c3cccc(NC(=O)Cc4ccccc4)c3)o2)cc1. The van der Waals surface area contributed by atoms with E-state index in [-0.39, 0.29) is 5.91 Å². The summed E-state index contributed by atoms with van der Waals surface area (Å²) in [6.07, 6.45) is 0.323. The maximum absolute atomic E-state index is 12.3. The molecule has 1 aromatic heterocycles. The molecule has 3 aromatic carbocycles. The van der Waals surface area contributed by atoms with Crippen molar-refractivity contribution >= 4 is 11.6 Å². The number of carbonyl (C=O) groups excluding carboxylic acids is 1. The van der Waals surface area contributed by atoms with Gasteiger partial charge in [-0.15, -0.1) is 10.2 Å². The Labute approximate surface area is 163 Å². The maximum Gasteiger partial charge on any atom is 0.248 e. The lowest BCUT2D eigenvalue weighted by Gasteiger charge is -2.06. The smallest absolute Gasteiger partial charge is 0.248 e. The highest BCUT2D eigenvalue weighted by Gasteiger charge is 2.11. The second kappa shape index (κ2) is 7.88. The number of hydrogen-bond acceptors (Lipinski definition) is 4. The molecule has 1 heterocycles. The highest BCUT2D eigenvalue weighted by Crippen LogP contribution is 2.26. The molecule has 1 amide bonds. The van der Waals surface area contributed by atoms with Crippen LogP contribution in [0.15, 0.2) is 83.3 Å². The maximum atomic E-state index is 12.3. The van der Waals surface area contributed by atoms with E-state index in [0.29, 0.717) is 23.9 Å². The van der Waals surface area contributed by atoms with Crippen molar-refractivity contribution in [1.29, 1.82) is 0 Å². The van der Waals surface area contributed by atoms with Crippen LogP contribution in [0.5, 0.6) is 0 Å². The standard InChI is InChI=1S/C23H19N3O2/c1-16-10-12-18(13-11-16)22-25-26-23(28-22)19-8-5-9-20(15-19)24-21(27)14-17-6-3-2-4-7-17/h2-13,15H,14H2,1H3,(H,24,27). The highest BCUT2D eigenvalue weighted by molar-refractivity contribution is 5.92. The minimum Gasteiger partial charge on any atom is -0.416 e. The monoisotopic (exact) mass is 369 g/mol. The molecular weight excluding hydrogens is 350 g/mol. The number of hydrogen-bond donors (Lipinski definition) is 1. The summed E-state index contributed by atoms with van der Waals surface area (Å²) >= 11 is 0. The molecule has 0 unspecified atom stereocenters. The minimum absolute atomic E-state index is 0.0748. The van der Waals surface area contributed by atoms with Crippen molar-refractivity contribution in [2.45, 2.75) is 13.3 Å². The van der Waals surface area contributed by atoms with Crippen molar-refractivity contribution < 1.29 is 9.21 Å². The molecule has 0 aliphatic carbocycles. The third-order valence-corrected chi connectivity index (χ3v) is 4.32. The molecule has 138 valence electrons. The molecule has 5 heteroatoms. The van der Waals surface area contributed by atoms with Crippen LogP contribution in [-0.4, -0.2) is 16.1 Å². The summed E-state index contributed by atoms with van der Waals surface area (Å²) in [5.41, 5.74) is 4.45. The predicted octanol–water partition coefficient (Wildman–Crippen LogP) is 4.89. The fourth-order valence-corrected chi connectivity index (χ4v) is 2.87. The van der Waals surface area contributed by atoms with Gasteiger partial charge in [-0.2, -0.15) is 0 Å². The van der Waals surface area contributed by atoms with E-state index in [1.807, 2.05) is 85.8 Å². The normalized spacial score (nSPS) is 10.6. The van der Waals surface area contributed by atoms with Gasteiger partial charge in [-0.1, -0.05) is 54.1 Å². The summed E-state index contributed by atoms with van der Waals surface area (Å²) in [6.45, 7) is 2.03. The molecule has 0 radical (unpaired) electrons.